The maximum atomic E-state index is 5.53. The van der Waals surface area contributed by atoms with Gasteiger partial charge in [-0.3, -0.25) is 0 Å². The first-order valence-electron chi connectivity index (χ1n) is 6.44. The second kappa shape index (κ2) is 8.69. The van der Waals surface area contributed by atoms with E-state index in [0.717, 1.165) is 18.8 Å². The Morgan fingerprint density at radius 1 is 0.947 bits per heavy atom. The first-order chi connectivity index (χ1) is 9.45. The molecule has 0 unspecified atom stereocenters. The van der Waals surface area contributed by atoms with Gasteiger partial charge in [0.05, 0.1) is 13.2 Å². The van der Waals surface area contributed by atoms with Crippen molar-refractivity contribution in [3.05, 3.63) is 52.7 Å². The molecule has 1 heterocycles. The molecule has 0 fully saturated rings. The van der Waals surface area contributed by atoms with Crippen LogP contribution in [0.3, 0.4) is 0 Å². The predicted octanol–water partition coefficient (Wildman–Crippen LogP) is 2.93. The third-order valence-electron chi connectivity index (χ3n) is 2.54. The van der Waals surface area contributed by atoms with Crippen molar-refractivity contribution in [3.8, 4) is 5.75 Å². The predicted molar refractivity (Wildman–Crippen MR) is 78.8 cm³/mol. The molecule has 0 atom stereocenters. The zero-order chi connectivity index (χ0) is 13.2. The van der Waals surface area contributed by atoms with Crippen molar-refractivity contribution in [2.24, 2.45) is 0 Å². The molecule has 0 aliphatic carbocycles. The number of hydrogen-bond acceptors (Lipinski definition) is 4. The van der Waals surface area contributed by atoms with Gasteiger partial charge < -0.3 is 14.8 Å². The highest BCUT2D eigenvalue weighted by Crippen LogP contribution is 2.08. The number of benzene rings is 1. The fraction of sp³-hybridized carbons (Fsp3) is 0.333. The van der Waals surface area contributed by atoms with Gasteiger partial charge in [0.1, 0.15) is 12.4 Å². The topological polar surface area (TPSA) is 30.5 Å². The second-order valence-corrected chi connectivity index (χ2v) is 5.06. The quantitative estimate of drug-likeness (QED) is 0.715. The fourth-order valence-corrected chi connectivity index (χ4v) is 2.28. The van der Waals surface area contributed by atoms with Crippen LogP contribution in [0.4, 0.5) is 0 Å². The summed E-state index contributed by atoms with van der Waals surface area (Å²) in [5.41, 5.74) is 0. The van der Waals surface area contributed by atoms with Gasteiger partial charge >= 0.3 is 0 Å². The zero-order valence-corrected chi connectivity index (χ0v) is 11.7. The van der Waals surface area contributed by atoms with Crippen LogP contribution in [-0.4, -0.2) is 26.4 Å². The van der Waals surface area contributed by atoms with Crippen LogP contribution in [0.2, 0.25) is 0 Å². The summed E-state index contributed by atoms with van der Waals surface area (Å²) in [7, 11) is 0. The Hall–Kier alpha value is -1.36. The van der Waals surface area contributed by atoms with Crippen LogP contribution >= 0.6 is 11.3 Å². The molecule has 1 aromatic carbocycles. The largest absolute Gasteiger partial charge is 0.491 e. The highest BCUT2D eigenvalue weighted by molar-refractivity contribution is 7.09. The summed E-state index contributed by atoms with van der Waals surface area (Å²) in [4.78, 5) is 1.35. The molecule has 0 saturated carbocycles. The molecule has 0 saturated heterocycles. The van der Waals surface area contributed by atoms with Gasteiger partial charge in [0.25, 0.3) is 0 Å². The van der Waals surface area contributed by atoms with Gasteiger partial charge in [-0.1, -0.05) is 24.3 Å². The van der Waals surface area contributed by atoms with E-state index >= 15 is 0 Å². The summed E-state index contributed by atoms with van der Waals surface area (Å²) < 4.78 is 11.0. The fourth-order valence-electron chi connectivity index (χ4n) is 1.61. The van der Waals surface area contributed by atoms with Crippen molar-refractivity contribution >= 4 is 11.3 Å². The maximum Gasteiger partial charge on any atom is 0.119 e. The lowest BCUT2D eigenvalue weighted by Gasteiger charge is -2.07. The van der Waals surface area contributed by atoms with Gasteiger partial charge in [0.15, 0.2) is 0 Å². The number of para-hydroxylation sites is 1. The van der Waals surface area contributed by atoms with Crippen molar-refractivity contribution in [2.45, 2.75) is 6.54 Å². The molecule has 0 radical (unpaired) electrons. The number of hydrogen-bond donors (Lipinski definition) is 1. The molecular weight excluding hydrogens is 258 g/mol. The third kappa shape index (κ3) is 5.87. The van der Waals surface area contributed by atoms with Gasteiger partial charge in [-0.2, -0.15) is 0 Å². The lowest BCUT2D eigenvalue weighted by Crippen LogP contribution is -2.20. The molecule has 2 rings (SSSR count). The van der Waals surface area contributed by atoms with E-state index in [2.05, 4.69) is 22.8 Å². The first kappa shape index (κ1) is 14.1. The average Bonchev–Trinajstić information content (AvgIpc) is 2.96. The normalized spacial score (nSPS) is 10.5. The Kier molecular flexibility index (Phi) is 6.43. The van der Waals surface area contributed by atoms with E-state index in [0.29, 0.717) is 19.8 Å². The van der Waals surface area contributed by atoms with Crippen molar-refractivity contribution < 1.29 is 9.47 Å². The molecule has 19 heavy (non-hydrogen) atoms. The number of thiophene rings is 1. The highest BCUT2D eigenvalue weighted by atomic mass is 32.1. The Bertz CT molecular complexity index is 431. The standard InChI is InChI=1S/C15H19NO2S/c1-2-5-14(6-3-1)18-11-10-17-9-8-16-13-15-7-4-12-19-15/h1-7,12,16H,8-11,13H2. The molecule has 0 bridgehead atoms. The van der Waals surface area contributed by atoms with Gasteiger partial charge in [-0.15, -0.1) is 11.3 Å². The van der Waals surface area contributed by atoms with E-state index in [1.54, 1.807) is 11.3 Å². The van der Waals surface area contributed by atoms with Crippen molar-refractivity contribution in [1.29, 1.82) is 0 Å². The summed E-state index contributed by atoms with van der Waals surface area (Å²) in [6.45, 7) is 3.71. The van der Waals surface area contributed by atoms with Crippen LogP contribution in [0.1, 0.15) is 4.88 Å². The summed E-state index contributed by atoms with van der Waals surface area (Å²) in [6.07, 6.45) is 0. The number of nitrogens with one attached hydrogen (secondary N) is 1. The van der Waals surface area contributed by atoms with E-state index in [9.17, 15) is 0 Å². The maximum absolute atomic E-state index is 5.53. The van der Waals surface area contributed by atoms with E-state index < -0.39 is 0 Å². The van der Waals surface area contributed by atoms with Crippen LogP contribution in [0.5, 0.6) is 5.75 Å². The van der Waals surface area contributed by atoms with Crippen molar-refractivity contribution in [1.82, 2.24) is 5.32 Å². The molecular formula is C15H19NO2S. The minimum atomic E-state index is 0.592. The molecule has 0 spiro atoms. The molecule has 1 aromatic heterocycles. The average molecular weight is 277 g/mol. The van der Waals surface area contributed by atoms with Crippen LogP contribution in [-0.2, 0) is 11.3 Å². The third-order valence-corrected chi connectivity index (χ3v) is 3.42. The molecule has 4 heteroatoms. The summed E-state index contributed by atoms with van der Waals surface area (Å²) in [5, 5.41) is 5.43. The SMILES string of the molecule is c1ccc(OCCOCCNCc2cccs2)cc1. The Labute approximate surface area is 118 Å². The van der Waals surface area contributed by atoms with E-state index in [1.807, 2.05) is 30.3 Å². The van der Waals surface area contributed by atoms with Crippen molar-refractivity contribution in [3.63, 3.8) is 0 Å². The smallest absolute Gasteiger partial charge is 0.119 e. The molecule has 0 amide bonds. The van der Waals surface area contributed by atoms with Crippen LogP contribution in [0.15, 0.2) is 47.8 Å². The number of ether oxygens (including phenoxy) is 2. The molecule has 2 aromatic rings. The van der Waals surface area contributed by atoms with Gasteiger partial charge in [-0.05, 0) is 23.6 Å². The molecule has 0 aliphatic heterocycles. The first-order valence-corrected chi connectivity index (χ1v) is 7.32. The van der Waals surface area contributed by atoms with Crippen LogP contribution < -0.4 is 10.1 Å². The second-order valence-electron chi connectivity index (χ2n) is 4.03. The molecule has 102 valence electrons. The zero-order valence-electron chi connectivity index (χ0n) is 10.9. The van der Waals surface area contributed by atoms with E-state index in [1.165, 1.54) is 4.88 Å². The Morgan fingerprint density at radius 3 is 2.63 bits per heavy atom. The lowest BCUT2D eigenvalue weighted by molar-refractivity contribution is 0.102. The van der Waals surface area contributed by atoms with Crippen LogP contribution in [0, 0.1) is 0 Å². The Balaban J connectivity index is 1.42. The summed E-state index contributed by atoms with van der Waals surface area (Å²) >= 11 is 1.77. The summed E-state index contributed by atoms with van der Waals surface area (Å²) in [5.74, 6) is 0.891. The monoisotopic (exact) mass is 277 g/mol. The summed E-state index contributed by atoms with van der Waals surface area (Å²) in [6, 6.07) is 14.0. The van der Waals surface area contributed by atoms with E-state index in [-0.39, 0.29) is 0 Å². The molecule has 0 aliphatic rings. The van der Waals surface area contributed by atoms with Crippen LogP contribution in [0.25, 0.3) is 0 Å². The van der Waals surface area contributed by atoms with Gasteiger partial charge in [0.2, 0.25) is 0 Å². The lowest BCUT2D eigenvalue weighted by atomic mass is 10.3. The van der Waals surface area contributed by atoms with Gasteiger partial charge in [0, 0.05) is 18.0 Å². The Morgan fingerprint density at radius 2 is 1.84 bits per heavy atom. The molecule has 1 N–H and O–H groups in total. The van der Waals surface area contributed by atoms with Gasteiger partial charge in [-0.25, -0.2) is 0 Å². The minimum absolute atomic E-state index is 0.592. The minimum Gasteiger partial charge on any atom is -0.491 e. The number of rotatable bonds is 9. The van der Waals surface area contributed by atoms with Crippen molar-refractivity contribution in [2.75, 3.05) is 26.4 Å². The highest BCUT2D eigenvalue weighted by Gasteiger charge is 1.94. The van der Waals surface area contributed by atoms with E-state index in [4.69, 9.17) is 9.47 Å². The molecule has 3 nitrogen and oxygen atoms in total.